The summed E-state index contributed by atoms with van der Waals surface area (Å²) < 4.78 is 7.45. The van der Waals surface area contributed by atoms with Crippen molar-refractivity contribution in [2.75, 3.05) is 18.5 Å². The first-order valence-electron chi connectivity index (χ1n) is 7.44. The Balaban J connectivity index is 1.59. The first kappa shape index (κ1) is 13.1. The molecule has 0 aliphatic carbocycles. The van der Waals surface area contributed by atoms with E-state index in [1.54, 1.807) is 4.52 Å². The zero-order valence-electron chi connectivity index (χ0n) is 12.4. The van der Waals surface area contributed by atoms with Gasteiger partial charge in [-0.25, -0.2) is 4.98 Å². The fraction of sp³-hybridized carbons (Fsp3) is 0.312. The van der Waals surface area contributed by atoms with Crippen molar-refractivity contribution in [2.24, 2.45) is 0 Å². The van der Waals surface area contributed by atoms with Crippen molar-refractivity contribution >= 4 is 11.6 Å². The van der Waals surface area contributed by atoms with E-state index in [0.717, 1.165) is 36.8 Å². The van der Waals surface area contributed by atoms with E-state index in [2.05, 4.69) is 32.5 Å². The molecule has 1 aliphatic heterocycles. The number of hydrogen-bond acceptors (Lipinski definition) is 5. The number of para-hydroxylation sites is 1. The summed E-state index contributed by atoms with van der Waals surface area (Å²) in [6, 6.07) is 10.2. The summed E-state index contributed by atoms with van der Waals surface area (Å²) in [6.45, 7) is 3.56. The van der Waals surface area contributed by atoms with Crippen molar-refractivity contribution in [2.45, 2.75) is 19.3 Å². The second-order valence-corrected chi connectivity index (χ2v) is 5.51. The van der Waals surface area contributed by atoms with Crippen molar-refractivity contribution in [3.05, 3.63) is 47.9 Å². The van der Waals surface area contributed by atoms with Crippen LogP contribution < -0.4 is 10.1 Å². The minimum absolute atomic E-state index is 0.428. The molecule has 4 rings (SSSR count). The average molecular weight is 295 g/mol. The molecule has 1 unspecified atom stereocenters. The van der Waals surface area contributed by atoms with Gasteiger partial charge < -0.3 is 10.1 Å². The second-order valence-electron chi connectivity index (χ2n) is 5.51. The van der Waals surface area contributed by atoms with Gasteiger partial charge in [0.05, 0.1) is 6.61 Å². The van der Waals surface area contributed by atoms with E-state index in [1.807, 2.05) is 25.1 Å². The maximum Gasteiger partial charge on any atom is 0.254 e. The van der Waals surface area contributed by atoms with Gasteiger partial charge in [0.2, 0.25) is 0 Å². The van der Waals surface area contributed by atoms with E-state index < -0.39 is 0 Å². The normalized spacial score (nSPS) is 17.0. The van der Waals surface area contributed by atoms with Crippen LogP contribution in [0.4, 0.5) is 5.82 Å². The van der Waals surface area contributed by atoms with E-state index in [9.17, 15) is 0 Å². The van der Waals surface area contributed by atoms with E-state index in [-0.39, 0.29) is 0 Å². The molecule has 112 valence electrons. The van der Waals surface area contributed by atoms with Crippen LogP contribution in [0.15, 0.2) is 36.7 Å². The van der Waals surface area contributed by atoms with Gasteiger partial charge >= 0.3 is 0 Å². The van der Waals surface area contributed by atoms with E-state index in [4.69, 9.17) is 4.74 Å². The quantitative estimate of drug-likeness (QED) is 0.804. The van der Waals surface area contributed by atoms with Crippen molar-refractivity contribution in [1.29, 1.82) is 0 Å². The molecule has 0 amide bonds. The van der Waals surface area contributed by atoms with Crippen LogP contribution in [0.25, 0.3) is 5.78 Å². The maximum absolute atomic E-state index is 5.72. The second kappa shape index (κ2) is 5.29. The SMILES string of the molecule is Cc1cc(NCC2CCOc3ccccc32)n2ncnc2n1. The highest BCUT2D eigenvalue weighted by atomic mass is 16.5. The van der Waals surface area contributed by atoms with Crippen LogP contribution in [0, 0.1) is 6.92 Å². The van der Waals surface area contributed by atoms with Crippen molar-refractivity contribution in [1.82, 2.24) is 19.6 Å². The first-order valence-corrected chi connectivity index (χ1v) is 7.44. The monoisotopic (exact) mass is 295 g/mol. The molecule has 0 fully saturated rings. The molecule has 1 aromatic carbocycles. The van der Waals surface area contributed by atoms with Gasteiger partial charge in [-0.05, 0) is 25.0 Å². The average Bonchev–Trinajstić information content (AvgIpc) is 3.00. The molecule has 0 radical (unpaired) electrons. The summed E-state index contributed by atoms with van der Waals surface area (Å²) in [6.07, 6.45) is 2.53. The third kappa shape index (κ3) is 2.26. The van der Waals surface area contributed by atoms with Gasteiger partial charge in [0.25, 0.3) is 5.78 Å². The maximum atomic E-state index is 5.72. The molecule has 0 saturated carbocycles. The number of anilines is 1. The Morgan fingerprint density at radius 3 is 3.23 bits per heavy atom. The van der Waals surface area contributed by atoms with E-state index >= 15 is 0 Å². The summed E-state index contributed by atoms with van der Waals surface area (Å²) in [7, 11) is 0. The van der Waals surface area contributed by atoms with Crippen LogP contribution >= 0.6 is 0 Å². The van der Waals surface area contributed by atoms with Crippen LogP contribution in [-0.2, 0) is 0 Å². The number of rotatable bonds is 3. The number of benzene rings is 1. The Bertz CT molecular complexity index is 813. The number of nitrogens with zero attached hydrogens (tertiary/aromatic N) is 4. The Hall–Kier alpha value is -2.63. The molecule has 3 aromatic rings. The van der Waals surface area contributed by atoms with E-state index in [1.165, 1.54) is 11.9 Å². The molecule has 1 N–H and O–H groups in total. The standard InChI is InChI=1S/C16H17N5O/c1-11-8-15(21-16(20-11)18-10-19-21)17-9-12-6-7-22-14-5-3-2-4-13(12)14/h2-5,8,10,12,17H,6-7,9H2,1H3. The van der Waals surface area contributed by atoms with Crippen molar-refractivity contribution in [3.63, 3.8) is 0 Å². The predicted octanol–water partition coefficient (Wildman–Crippen LogP) is 2.41. The number of aromatic nitrogens is 4. The molecule has 0 saturated heterocycles. The van der Waals surface area contributed by atoms with Crippen LogP contribution in [0.1, 0.15) is 23.6 Å². The predicted molar refractivity (Wildman–Crippen MR) is 83.3 cm³/mol. The summed E-state index contributed by atoms with van der Waals surface area (Å²) in [5.74, 6) is 2.97. The van der Waals surface area contributed by atoms with Gasteiger partial charge in [-0.3, -0.25) is 0 Å². The van der Waals surface area contributed by atoms with Crippen LogP contribution in [0.3, 0.4) is 0 Å². The summed E-state index contributed by atoms with van der Waals surface area (Å²) in [5, 5.41) is 7.71. The van der Waals surface area contributed by atoms with Gasteiger partial charge in [0, 0.05) is 24.2 Å². The third-order valence-corrected chi connectivity index (χ3v) is 3.99. The molecule has 22 heavy (non-hydrogen) atoms. The lowest BCUT2D eigenvalue weighted by Crippen LogP contribution is -2.21. The zero-order valence-corrected chi connectivity index (χ0v) is 12.4. The first-order chi connectivity index (χ1) is 10.8. The molecule has 6 heteroatoms. The lowest BCUT2D eigenvalue weighted by molar-refractivity contribution is 0.270. The smallest absolute Gasteiger partial charge is 0.254 e. The summed E-state index contributed by atoms with van der Waals surface area (Å²) >= 11 is 0. The number of ether oxygens (including phenoxy) is 1. The van der Waals surface area contributed by atoms with Gasteiger partial charge in [0.15, 0.2) is 0 Å². The number of nitrogens with one attached hydrogen (secondary N) is 1. The highest BCUT2D eigenvalue weighted by Crippen LogP contribution is 2.33. The van der Waals surface area contributed by atoms with Gasteiger partial charge in [0.1, 0.15) is 17.9 Å². The highest BCUT2D eigenvalue weighted by Gasteiger charge is 2.21. The lowest BCUT2D eigenvalue weighted by Gasteiger charge is -2.26. The van der Waals surface area contributed by atoms with Crippen molar-refractivity contribution < 1.29 is 4.74 Å². The molecule has 2 aromatic heterocycles. The number of hydrogen-bond donors (Lipinski definition) is 1. The van der Waals surface area contributed by atoms with Crippen LogP contribution in [0.5, 0.6) is 5.75 Å². The number of fused-ring (bicyclic) bond motifs is 2. The minimum atomic E-state index is 0.428. The minimum Gasteiger partial charge on any atom is -0.493 e. The van der Waals surface area contributed by atoms with Gasteiger partial charge in [-0.2, -0.15) is 14.6 Å². The molecule has 1 aliphatic rings. The Labute approximate surface area is 128 Å². The Morgan fingerprint density at radius 2 is 2.27 bits per heavy atom. The molecular formula is C16H17N5O. The van der Waals surface area contributed by atoms with Gasteiger partial charge in [-0.1, -0.05) is 18.2 Å². The fourth-order valence-corrected chi connectivity index (χ4v) is 2.91. The van der Waals surface area contributed by atoms with Gasteiger partial charge in [-0.15, -0.1) is 0 Å². The lowest BCUT2D eigenvalue weighted by atomic mass is 9.93. The molecular weight excluding hydrogens is 278 g/mol. The molecule has 0 spiro atoms. The molecule has 6 nitrogen and oxygen atoms in total. The Kier molecular flexibility index (Phi) is 3.14. The topological polar surface area (TPSA) is 64.3 Å². The molecule has 1 atom stereocenters. The third-order valence-electron chi connectivity index (χ3n) is 3.99. The largest absolute Gasteiger partial charge is 0.493 e. The summed E-state index contributed by atoms with van der Waals surface area (Å²) in [5.41, 5.74) is 2.19. The number of aryl methyl sites for hydroxylation is 1. The molecule has 0 bridgehead atoms. The Morgan fingerprint density at radius 1 is 1.36 bits per heavy atom. The van der Waals surface area contributed by atoms with Crippen molar-refractivity contribution in [3.8, 4) is 5.75 Å². The van der Waals surface area contributed by atoms with Crippen LogP contribution in [0.2, 0.25) is 0 Å². The summed E-state index contributed by atoms with van der Waals surface area (Å²) in [4.78, 5) is 8.51. The fourth-order valence-electron chi connectivity index (χ4n) is 2.91. The van der Waals surface area contributed by atoms with E-state index in [0.29, 0.717) is 11.7 Å². The highest BCUT2D eigenvalue weighted by molar-refractivity contribution is 5.46. The molecule has 3 heterocycles. The van der Waals surface area contributed by atoms with Crippen LogP contribution in [-0.4, -0.2) is 32.7 Å². The zero-order chi connectivity index (χ0) is 14.9.